The zero-order chi connectivity index (χ0) is 35.5. The number of aromatic nitrogens is 2. The van der Waals surface area contributed by atoms with Crippen LogP contribution >= 0.6 is 0 Å². The Kier molecular flexibility index (Phi) is 9.85. The first-order valence-electron chi connectivity index (χ1n) is 17.7. The van der Waals surface area contributed by atoms with Crippen LogP contribution in [0.15, 0.2) is 66.9 Å². The molecule has 4 aromatic rings. The molecule has 3 N–H and O–H groups in total. The van der Waals surface area contributed by atoms with E-state index >= 15 is 0 Å². The number of nitrogens with one attached hydrogen (secondary N) is 3. The van der Waals surface area contributed by atoms with E-state index in [9.17, 15) is 19.2 Å². The molecule has 2 aromatic carbocycles. The Morgan fingerprint density at radius 2 is 1.76 bits per heavy atom. The van der Waals surface area contributed by atoms with Gasteiger partial charge in [-0.1, -0.05) is 18.2 Å². The van der Waals surface area contributed by atoms with Crippen molar-refractivity contribution in [1.29, 1.82) is 0 Å². The Morgan fingerprint density at radius 1 is 0.922 bits per heavy atom. The summed E-state index contributed by atoms with van der Waals surface area (Å²) in [6.07, 6.45) is 6.05. The molecule has 3 aliphatic heterocycles. The fourth-order valence-electron chi connectivity index (χ4n) is 7.35. The molecule has 12 nitrogen and oxygen atoms in total. The highest BCUT2D eigenvalue weighted by atomic mass is 16.2. The summed E-state index contributed by atoms with van der Waals surface area (Å²) in [5, 5.41) is 5.32. The molecule has 0 aliphatic carbocycles. The van der Waals surface area contributed by atoms with Crippen LogP contribution in [0.25, 0.3) is 22.5 Å². The third-order valence-corrected chi connectivity index (χ3v) is 10.3. The molecule has 0 spiro atoms. The standard InChI is InChI=1S/C39H44N8O4/c1-44(25-48)36-21-26(8-11-34(36)45(2)35-12-13-37(49)43-39(35)51)5-4-16-46-17-19-47(20-18-46)29-7-3-6-27(22-29)31-10-9-28(24-41-31)33-23-30-32(42-33)14-15-40-38(30)50/h3,6-11,21-25,35,42H,4-5,12-20H2,1-2H3,(H,40,50)(H,43,49,51). The number of benzene rings is 2. The minimum Gasteiger partial charge on any atom is -0.369 e. The number of H-pyrrole nitrogens is 1. The molecule has 4 amide bonds. The minimum atomic E-state index is -0.468. The fraction of sp³-hybridized carbons (Fsp3) is 0.359. The smallest absolute Gasteiger partial charge is 0.253 e. The van der Waals surface area contributed by atoms with Crippen LogP contribution in [0.3, 0.4) is 0 Å². The molecule has 2 aromatic heterocycles. The highest BCUT2D eigenvalue weighted by molar-refractivity contribution is 6.02. The number of fused-ring (bicyclic) bond motifs is 1. The molecule has 7 rings (SSSR count). The Labute approximate surface area is 297 Å². The Balaban J connectivity index is 0.923. The summed E-state index contributed by atoms with van der Waals surface area (Å²) in [6.45, 7) is 5.47. The minimum absolute atomic E-state index is 0.0275. The van der Waals surface area contributed by atoms with E-state index in [1.165, 1.54) is 10.6 Å². The number of hydrogen-bond donors (Lipinski definition) is 3. The summed E-state index contributed by atoms with van der Waals surface area (Å²) >= 11 is 0. The van der Waals surface area contributed by atoms with Gasteiger partial charge in [-0.25, -0.2) is 0 Å². The van der Waals surface area contributed by atoms with Crippen molar-refractivity contribution in [1.82, 2.24) is 25.5 Å². The molecule has 5 heterocycles. The lowest BCUT2D eigenvalue weighted by Crippen LogP contribution is -2.51. The Bertz CT molecular complexity index is 1930. The molecule has 2 fully saturated rings. The first kappa shape index (κ1) is 34.0. The van der Waals surface area contributed by atoms with Gasteiger partial charge in [-0.3, -0.25) is 34.4 Å². The normalized spacial score (nSPS) is 17.8. The maximum Gasteiger partial charge on any atom is 0.253 e. The molecule has 51 heavy (non-hydrogen) atoms. The van der Waals surface area contributed by atoms with Crippen molar-refractivity contribution >= 4 is 41.2 Å². The van der Waals surface area contributed by atoms with Gasteiger partial charge in [0, 0.05) is 94.1 Å². The predicted molar refractivity (Wildman–Crippen MR) is 198 cm³/mol. The van der Waals surface area contributed by atoms with Crippen molar-refractivity contribution in [2.75, 3.05) is 68.1 Å². The third-order valence-electron chi connectivity index (χ3n) is 10.3. The highest BCUT2D eigenvalue weighted by Crippen LogP contribution is 2.32. The van der Waals surface area contributed by atoms with Crippen molar-refractivity contribution in [3.05, 3.63) is 83.7 Å². The van der Waals surface area contributed by atoms with Gasteiger partial charge < -0.3 is 25.0 Å². The van der Waals surface area contributed by atoms with E-state index in [0.29, 0.717) is 24.9 Å². The van der Waals surface area contributed by atoms with E-state index in [2.05, 4.69) is 61.8 Å². The van der Waals surface area contributed by atoms with Gasteiger partial charge in [-0.05, 0) is 73.8 Å². The van der Waals surface area contributed by atoms with Gasteiger partial charge in [-0.2, -0.15) is 0 Å². The van der Waals surface area contributed by atoms with E-state index in [1.54, 1.807) is 7.05 Å². The van der Waals surface area contributed by atoms with E-state index in [-0.39, 0.29) is 17.7 Å². The number of carbonyl (C=O) groups excluding carboxylic acids is 4. The number of rotatable bonds is 11. The molecule has 2 saturated heterocycles. The average Bonchev–Trinajstić information content (AvgIpc) is 3.61. The van der Waals surface area contributed by atoms with E-state index in [0.717, 1.165) is 104 Å². The average molecular weight is 689 g/mol. The van der Waals surface area contributed by atoms with Crippen molar-refractivity contribution < 1.29 is 19.2 Å². The lowest BCUT2D eigenvalue weighted by Gasteiger charge is -2.36. The lowest BCUT2D eigenvalue weighted by atomic mass is 10.0. The molecule has 0 saturated carbocycles. The number of piperidine rings is 1. The van der Waals surface area contributed by atoms with Gasteiger partial charge in [0.2, 0.25) is 18.2 Å². The van der Waals surface area contributed by atoms with E-state index < -0.39 is 6.04 Å². The maximum absolute atomic E-state index is 12.5. The molecular weight excluding hydrogens is 644 g/mol. The van der Waals surface area contributed by atoms with Crippen LogP contribution in [0.5, 0.6) is 0 Å². The van der Waals surface area contributed by atoms with Crippen molar-refractivity contribution in [2.24, 2.45) is 0 Å². The van der Waals surface area contributed by atoms with Crippen LogP contribution in [0, 0.1) is 0 Å². The SMILES string of the molecule is CN(C=O)c1cc(CCCN2CCN(c3cccc(-c4ccc(-c5cc6c([nH]5)CCNC6=O)cn4)c3)CC2)ccc1N(C)C1CCC(=O)NC1=O. The van der Waals surface area contributed by atoms with Gasteiger partial charge in [-0.15, -0.1) is 0 Å². The van der Waals surface area contributed by atoms with Crippen molar-refractivity contribution in [3.8, 4) is 22.5 Å². The topological polar surface area (TPSA) is 134 Å². The quantitative estimate of drug-likeness (QED) is 0.161. The predicted octanol–water partition coefficient (Wildman–Crippen LogP) is 3.62. The summed E-state index contributed by atoms with van der Waals surface area (Å²) in [6, 6.07) is 20.2. The number of imide groups is 1. The molecular formula is C39H44N8O4. The van der Waals surface area contributed by atoms with E-state index in [4.69, 9.17) is 4.98 Å². The molecule has 1 atom stereocenters. The van der Waals surface area contributed by atoms with Crippen LogP contribution in [-0.2, 0) is 27.2 Å². The molecule has 0 bridgehead atoms. The van der Waals surface area contributed by atoms with Crippen LogP contribution in [0.4, 0.5) is 17.1 Å². The van der Waals surface area contributed by atoms with E-state index in [1.807, 2.05) is 42.4 Å². The van der Waals surface area contributed by atoms with Crippen molar-refractivity contribution in [2.45, 2.75) is 38.1 Å². The van der Waals surface area contributed by atoms with Crippen LogP contribution in [-0.4, -0.2) is 98.4 Å². The number of piperazine rings is 1. The monoisotopic (exact) mass is 688 g/mol. The number of hydrogen-bond acceptors (Lipinski definition) is 8. The summed E-state index contributed by atoms with van der Waals surface area (Å²) in [4.78, 5) is 64.6. The Hall–Kier alpha value is -5.49. The number of amides is 4. The number of likely N-dealkylation sites (N-methyl/N-ethyl adjacent to an activating group) is 1. The van der Waals surface area contributed by atoms with Gasteiger partial charge in [0.1, 0.15) is 6.04 Å². The zero-order valence-electron chi connectivity index (χ0n) is 29.2. The first-order valence-corrected chi connectivity index (χ1v) is 17.7. The summed E-state index contributed by atoms with van der Waals surface area (Å²) in [7, 11) is 3.55. The van der Waals surface area contributed by atoms with Crippen molar-refractivity contribution in [3.63, 3.8) is 0 Å². The number of carbonyl (C=O) groups is 4. The lowest BCUT2D eigenvalue weighted by molar-refractivity contribution is -0.134. The van der Waals surface area contributed by atoms with Gasteiger partial charge in [0.05, 0.1) is 22.6 Å². The largest absolute Gasteiger partial charge is 0.369 e. The number of aryl methyl sites for hydroxylation is 1. The Morgan fingerprint density at radius 3 is 2.51 bits per heavy atom. The molecule has 264 valence electrons. The van der Waals surface area contributed by atoms with Crippen LogP contribution < -0.4 is 25.3 Å². The van der Waals surface area contributed by atoms with Gasteiger partial charge >= 0.3 is 0 Å². The zero-order valence-corrected chi connectivity index (χ0v) is 29.2. The molecule has 0 radical (unpaired) electrons. The first-order chi connectivity index (χ1) is 24.8. The number of aromatic amines is 1. The summed E-state index contributed by atoms with van der Waals surface area (Å²) in [5.41, 5.74) is 9.38. The van der Waals surface area contributed by atoms with Crippen LogP contribution in [0.2, 0.25) is 0 Å². The summed E-state index contributed by atoms with van der Waals surface area (Å²) < 4.78 is 0. The summed E-state index contributed by atoms with van der Waals surface area (Å²) in [5.74, 6) is -0.583. The molecule has 12 heteroatoms. The fourth-order valence-corrected chi connectivity index (χ4v) is 7.35. The van der Waals surface area contributed by atoms with Crippen LogP contribution in [0.1, 0.15) is 40.9 Å². The number of nitrogens with zero attached hydrogens (tertiary/aromatic N) is 5. The highest BCUT2D eigenvalue weighted by Gasteiger charge is 2.31. The third kappa shape index (κ3) is 7.36. The van der Waals surface area contributed by atoms with Gasteiger partial charge in [0.15, 0.2) is 0 Å². The second kappa shape index (κ2) is 14.8. The maximum atomic E-state index is 12.5. The number of anilines is 3. The second-order valence-corrected chi connectivity index (χ2v) is 13.6. The number of pyridine rings is 1. The van der Waals surface area contributed by atoms with Gasteiger partial charge in [0.25, 0.3) is 5.91 Å². The molecule has 3 aliphatic rings. The molecule has 1 unspecified atom stereocenters. The second-order valence-electron chi connectivity index (χ2n) is 13.6.